The number of hydrogen-bond donors (Lipinski definition) is 1. The maximum Gasteiger partial charge on any atom is 0.227 e. The molecule has 0 aromatic carbocycles. The third-order valence-electron chi connectivity index (χ3n) is 3.53. The highest BCUT2D eigenvalue weighted by Gasteiger charge is 2.34. The Labute approximate surface area is 119 Å². The molecule has 2 heterocycles. The number of hydrogen-bond acceptors (Lipinski definition) is 3. The highest BCUT2D eigenvalue weighted by molar-refractivity contribution is 6.00. The second-order valence-corrected chi connectivity index (χ2v) is 5.11. The molecular formula is C15H21N3O2. The van der Waals surface area contributed by atoms with Crippen LogP contribution in [-0.2, 0) is 9.59 Å². The predicted octanol–water partition coefficient (Wildman–Crippen LogP) is 1.74. The van der Waals surface area contributed by atoms with E-state index >= 15 is 0 Å². The van der Waals surface area contributed by atoms with Gasteiger partial charge in [0.05, 0.1) is 17.8 Å². The van der Waals surface area contributed by atoms with E-state index in [1.165, 1.54) is 0 Å². The average molecular weight is 275 g/mol. The Hall–Kier alpha value is -1.91. The first-order chi connectivity index (χ1) is 9.72. The summed E-state index contributed by atoms with van der Waals surface area (Å²) in [4.78, 5) is 29.7. The summed E-state index contributed by atoms with van der Waals surface area (Å²) in [7, 11) is 0. The van der Waals surface area contributed by atoms with Gasteiger partial charge in [-0.2, -0.15) is 0 Å². The lowest BCUT2D eigenvalue weighted by molar-refractivity contribution is -0.126. The second-order valence-electron chi connectivity index (χ2n) is 5.11. The number of rotatable bonds is 6. The molecule has 1 saturated heterocycles. The van der Waals surface area contributed by atoms with Gasteiger partial charge in [-0.05, 0) is 18.6 Å². The van der Waals surface area contributed by atoms with Crippen LogP contribution in [0.4, 0.5) is 5.69 Å². The standard InChI is InChI=1S/C15H21N3O2/c1-2-3-4-8-17-15(20)12-9-14(19)18(11-12)13-6-5-7-16-10-13/h5-7,10,12H,2-4,8-9,11H2,1H3,(H,17,20). The van der Waals surface area contributed by atoms with E-state index in [0.717, 1.165) is 24.9 Å². The van der Waals surface area contributed by atoms with Crippen molar-refractivity contribution in [3.63, 3.8) is 0 Å². The number of pyridine rings is 1. The summed E-state index contributed by atoms with van der Waals surface area (Å²) in [6, 6.07) is 3.63. The molecule has 1 aliphatic rings. The van der Waals surface area contributed by atoms with E-state index in [0.29, 0.717) is 13.1 Å². The molecule has 1 atom stereocenters. The van der Waals surface area contributed by atoms with Gasteiger partial charge in [0.2, 0.25) is 11.8 Å². The lowest BCUT2D eigenvalue weighted by Gasteiger charge is -2.16. The zero-order valence-corrected chi connectivity index (χ0v) is 11.8. The maximum atomic E-state index is 12.0. The predicted molar refractivity (Wildman–Crippen MR) is 77.2 cm³/mol. The maximum absolute atomic E-state index is 12.0. The monoisotopic (exact) mass is 275 g/mol. The molecule has 2 rings (SSSR count). The Morgan fingerprint density at radius 3 is 3.05 bits per heavy atom. The van der Waals surface area contributed by atoms with Crippen molar-refractivity contribution in [2.24, 2.45) is 5.92 Å². The molecular weight excluding hydrogens is 254 g/mol. The number of amides is 2. The van der Waals surface area contributed by atoms with Crippen LogP contribution in [-0.4, -0.2) is 29.9 Å². The van der Waals surface area contributed by atoms with Crippen LogP contribution >= 0.6 is 0 Å². The fourth-order valence-corrected chi connectivity index (χ4v) is 2.38. The Balaban J connectivity index is 1.87. The normalized spacial score (nSPS) is 18.4. The minimum absolute atomic E-state index is 0.00768. The zero-order chi connectivity index (χ0) is 14.4. The molecule has 1 unspecified atom stereocenters. The Kier molecular flexibility index (Phi) is 5.09. The fourth-order valence-electron chi connectivity index (χ4n) is 2.38. The topological polar surface area (TPSA) is 62.3 Å². The number of unbranched alkanes of at least 4 members (excludes halogenated alkanes) is 2. The van der Waals surface area contributed by atoms with Gasteiger partial charge in [0.1, 0.15) is 0 Å². The van der Waals surface area contributed by atoms with Crippen LogP contribution < -0.4 is 10.2 Å². The smallest absolute Gasteiger partial charge is 0.227 e. The molecule has 20 heavy (non-hydrogen) atoms. The van der Waals surface area contributed by atoms with E-state index in [1.807, 2.05) is 6.07 Å². The van der Waals surface area contributed by atoms with Crippen molar-refractivity contribution < 1.29 is 9.59 Å². The first kappa shape index (κ1) is 14.5. The van der Waals surface area contributed by atoms with E-state index < -0.39 is 0 Å². The molecule has 0 radical (unpaired) electrons. The van der Waals surface area contributed by atoms with Gasteiger partial charge in [-0.1, -0.05) is 19.8 Å². The molecule has 1 aromatic heterocycles. The van der Waals surface area contributed by atoms with Gasteiger partial charge in [-0.15, -0.1) is 0 Å². The number of carbonyl (C=O) groups excluding carboxylic acids is 2. The number of nitrogens with zero attached hydrogens (tertiary/aromatic N) is 2. The van der Waals surface area contributed by atoms with Gasteiger partial charge in [-0.25, -0.2) is 0 Å². The minimum atomic E-state index is -0.246. The lowest BCUT2D eigenvalue weighted by Crippen LogP contribution is -2.33. The highest BCUT2D eigenvalue weighted by Crippen LogP contribution is 2.24. The molecule has 0 spiro atoms. The van der Waals surface area contributed by atoms with Gasteiger partial charge < -0.3 is 10.2 Å². The Morgan fingerprint density at radius 1 is 1.50 bits per heavy atom. The molecule has 1 N–H and O–H groups in total. The summed E-state index contributed by atoms with van der Waals surface area (Å²) in [6.07, 6.45) is 6.85. The van der Waals surface area contributed by atoms with E-state index in [-0.39, 0.29) is 24.2 Å². The van der Waals surface area contributed by atoms with Crippen LogP contribution in [0.5, 0.6) is 0 Å². The van der Waals surface area contributed by atoms with Crippen LogP contribution in [0.1, 0.15) is 32.6 Å². The van der Waals surface area contributed by atoms with Crippen molar-refractivity contribution in [1.82, 2.24) is 10.3 Å². The second kappa shape index (κ2) is 7.03. The first-order valence-corrected chi connectivity index (χ1v) is 7.20. The van der Waals surface area contributed by atoms with E-state index in [2.05, 4.69) is 17.2 Å². The third-order valence-corrected chi connectivity index (χ3v) is 3.53. The number of nitrogens with one attached hydrogen (secondary N) is 1. The molecule has 5 nitrogen and oxygen atoms in total. The largest absolute Gasteiger partial charge is 0.356 e. The molecule has 108 valence electrons. The molecule has 0 saturated carbocycles. The summed E-state index contributed by atoms with van der Waals surface area (Å²) in [5, 5.41) is 2.92. The summed E-state index contributed by atoms with van der Waals surface area (Å²) in [6.45, 7) is 3.28. The Morgan fingerprint density at radius 2 is 2.35 bits per heavy atom. The van der Waals surface area contributed by atoms with Crippen molar-refractivity contribution in [2.75, 3.05) is 18.0 Å². The Bertz CT molecular complexity index is 461. The summed E-state index contributed by atoms with van der Waals surface area (Å²) < 4.78 is 0. The summed E-state index contributed by atoms with van der Waals surface area (Å²) in [5.74, 6) is -0.267. The lowest BCUT2D eigenvalue weighted by atomic mass is 10.1. The summed E-state index contributed by atoms with van der Waals surface area (Å²) in [5.41, 5.74) is 0.763. The van der Waals surface area contributed by atoms with Crippen LogP contribution in [0.2, 0.25) is 0 Å². The van der Waals surface area contributed by atoms with Gasteiger partial charge >= 0.3 is 0 Å². The van der Waals surface area contributed by atoms with Crippen LogP contribution in [0.3, 0.4) is 0 Å². The summed E-state index contributed by atoms with van der Waals surface area (Å²) >= 11 is 0. The van der Waals surface area contributed by atoms with E-state index in [4.69, 9.17) is 0 Å². The van der Waals surface area contributed by atoms with Crippen molar-refractivity contribution in [1.29, 1.82) is 0 Å². The van der Waals surface area contributed by atoms with Crippen molar-refractivity contribution >= 4 is 17.5 Å². The third kappa shape index (κ3) is 3.56. The number of aromatic nitrogens is 1. The van der Waals surface area contributed by atoms with E-state index in [1.54, 1.807) is 23.4 Å². The minimum Gasteiger partial charge on any atom is -0.356 e. The van der Waals surface area contributed by atoms with Crippen molar-refractivity contribution in [3.8, 4) is 0 Å². The molecule has 0 aliphatic carbocycles. The SMILES string of the molecule is CCCCCNC(=O)C1CC(=O)N(c2cccnc2)C1. The molecule has 1 aliphatic heterocycles. The molecule has 1 aromatic rings. The number of anilines is 1. The average Bonchev–Trinajstić information content (AvgIpc) is 2.86. The van der Waals surface area contributed by atoms with Gasteiger partial charge in [0, 0.05) is 25.7 Å². The zero-order valence-electron chi connectivity index (χ0n) is 11.8. The molecule has 5 heteroatoms. The molecule has 1 fully saturated rings. The number of carbonyl (C=O) groups is 2. The molecule has 2 amide bonds. The van der Waals surface area contributed by atoms with Gasteiger partial charge in [0.15, 0.2) is 0 Å². The van der Waals surface area contributed by atoms with Gasteiger partial charge in [-0.3, -0.25) is 14.6 Å². The van der Waals surface area contributed by atoms with Crippen LogP contribution in [0, 0.1) is 5.92 Å². The van der Waals surface area contributed by atoms with Crippen molar-refractivity contribution in [3.05, 3.63) is 24.5 Å². The molecule has 0 bridgehead atoms. The first-order valence-electron chi connectivity index (χ1n) is 7.20. The van der Waals surface area contributed by atoms with Gasteiger partial charge in [0.25, 0.3) is 0 Å². The van der Waals surface area contributed by atoms with Crippen LogP contribution in [0.15, 0.2) is 24.5 Å². The highest BCUT2D eigenvalue weighted by atomic mass is 16.2. The quantitative estimate of drug-likeness (QED) is 0.804. The fraction of sp³-hybridized carbons (Fsp3) is 0.533. The van der Waals surface area contributed by atoms with Crippen LogP contribution in [0.25, 0.3) is 0 Å². The van der Waals surface area contributed by atoms with E-state index in [9.17, 15) is 9.59 Å². The van der Waals surface area contributed by atoms with Crippen molar-refractivity contribution in [2.45, 2.75) is 32.6 Å².